The molecular formula is C10H16F2N2O4. The smallest absolute Gasteiger partial charge is 0.318 e. The van der Waals surface area contributed by atoms with Crippen LogP contribution in [0.1, 0.15) is 13.8 Å². The van der Waals surface area contributed by atoms with E-state index in [1.165, 1.54) is 14.0 Å². The lowest BCUT2D eigenvalue weighted by molar-refractivity contribution is -0.160. The van der Waals surface area contributed by atoms with Crippen LogP contribution < -0.4 is 5.32 Å². The van der Waals surface area contributed by atoms with Gasteiger partial charge in [0.2, 0.25) is 5.91 Å². The molecule has 0 aromatic heterocycles. The molecule has 0 bridgehead atoms. The maximum Gasteiger partial charge on any atom is 0.318 e. The van der Waals surface area contributed by atoms with Crippen molar-refractivity contribution in [3.05, 3.63) is 0 Å². The summed E-state index contributed by atoms with van der Waals surface area (Å²) in [5.74, 6) is -4.10. The van der Waals surface area contributed by atoms with Crippen molar-refractivity contribution in [3.8, 4) is 0 Å². The summed E-state index contributed by atoms with van der Waals surface area (Å²) in [6.45, 7) is 2.50. The van der Waals surface area contributed by atoms with Crippen LogP contribution in [-0.4, -0.2) is 43.4 Å². The zero-order valence-electron chi connectivity index (χ0n) is 10.3. The van der Waals surface area contributed by atoms with Gasteiger partial charge in [-0.1, -0.05) is 0 Å². The third kappa shape index (κ3) is 3.38. The Bertz CT molecular complexity index is 336. The molecule has 0 aliphatic heterocycles. The lowest BCUT2D eigenvalue weighted by atomic mass is 9.77. The molecule has 6 nitrogen and oxygen atoms in total. The van der Waals surface area contributed by atoms with Crippen LogP contribution in [-0.2, 0) is 14.3 Å². The molecule has 104 valence electrons. The number of alkyl halides is 2. The molecule has 0 aliphatic rings. The highest BCUT2D eigenvalue weighted by atomic mass is 19.3. The van der Waals surface area contributed by atoms with E-state index in [2.05, 4.69) is 9.89 Å². The average molecular weight is 266 g/mol. The molecule has 2 atom stereocenters. The van der Waals surface area contributed by atoms with Crippen LogP contribution in [0.2, 0.25) is 0 Å². The number of nitrogens with one attached hydrogen (secondary N) is 1. The van der Waals surface area contributed by atoms with Gasteiger partial charge in [0, 0.05) is 7.05 Å². The minimum absolute atomic E-state index is 0.0443. The lowest BCUT2D eigenvalue weighted by Crippen LogP contribution is -2.49. The van der Waals surface area contributed by atoms with E-state index >= 15 is 0 Å². The molecule has 0 aromatic rings. The molecule has 0 aliphatic carbocycles. The minimum Gasteiger partial charge on any atom is -0.465 e. The molecule has 0 rings (SSSR count). The number of carbonyl (C=O) groups excluding carboxylic acids is 2. The monoisotopic (exact) mass is 266 g/mol. The second-order valence-electron chi connectivity index (χ2n) is 3.67. The maximum atomic E-state index is 12.9. The Hall–Kier alpha value is -1.73. The number of halogens is 2. The third-order valence-electron chi connectivity index (χ3n) is 2.47. The van der Waals surface area contributed by atoms with Crippen molar-refractivity contribution in [2.24, 2.45) is 16.5 Å². The Morgan fingerprint density at radius 2 is 2.11 bits per heavy atom. The second kappa shape index (κ2) is 6.87. The number of ether oxygens (including phenoxy) is 1. The summed E-state index contributed by atoms with van der Waals surface area (Å²) in [5, 5.41) is 13.1. The first kappa shape index (κ1) is 16.3. The number of esters is 1. The summed E-state index contributed by atoms with van der Waals surface area (Å²) in [7, 11) is 1.17. The van der Waals surface area contributed by atoms with Crippen LogP contribution in [0.4, 0.5) is 8.78 Å². The van der Waals surface area contributed by atoms with Gasteiger partial charge in [0.1, 0.15) is 11.3 Å². The van der Waals surface area contributed by atoms with Crippen molar-refractivity contribution in [1.29, 1.82) is 0 Å². The minimum atomic E-state index is -3.11. The van der Waals surface area contributed by atoms with Crippen LogP contribution in [0.3, 0.4) is 0 Å². The molecule has 0 saturated carbocycles. The van der Waals surface area contributed by atoms with Gasteiger partial charge in [-0.3, -0.25) is 9.59 Å². The Morgan fingerprint density at radius 1 is 1.56 bits per heavy atom. The van der Waals surface area contributed by atoms with Gasteiger partial charge in [-0.15, -0.1) is 5.16 Å². The normalized spacial score (nSPS) is 16.3. The van der Waals surface area contributed by atoms with E-state index in [-0.39, 0.29) is 6.61 Å². The van der Waals surface area contributed by atoms with Crippen molar-refractivity contribution in [2.45, 2.75) is 20.3 Å². The molecule has 0 fully saturated rings. The van der Waals surface area contributed by atoms with Crippen LogP contribution in [0, 0.1) is 11.3 Å². The number of amides is 1. The number of rotatable bonds is 6. The zero-order valence-corrected chi connectivity index (χ0v) is 10.3. The summed E-state index contributed by atoms with van der Waals surface area (Å²) in [6, 6.07) is 0. The molecule has 0 heterocycles. The van der Waals surface area contributed by atoms with Gasteiger partial charge >= 0.3 is 5.97 Å². The van der Waals surface area contributed by atoms with E-state index in [1.807, 2.05) is 5.32 Å². The van der Waals surface area contributed by atoms with E-state index in [1.54, 1.807) is 0 Å². The highest BCUT2D eigenvalue weighted by molar-refractivity contribution is 6.00. The van der Waals surface area contributed by atoms with Gasteiger partial charge in [0.15, 0.2) is 0 Å². The molecule has 2 unspecified atom stereocenters. The number of nitrogens with zero attached hydrogens (tertiary/aromatic N) is 1. The van der Waals surface area contributed by atoms with Gasteiger partial charge in [0.25, 0.3) is 6.43 Å². The number of hydrogen-bond donors (Lipinski definition) is 2. The third-order valence-corrected chi connectivity index (χ3v) is 2.47. The highest BCUT2D eigenvalue weighted by Crippen LogP contribution is 2.32. The second-order valence-corrected chi connectivity index (χ2v) is 3.67. The Kier molecular flexibility index (Phi) is 6.21. The van der Waals surface area contributed by atoms with Gasteiger partial charge in [-0.2, -0.15) is 0 Å². The summed E-state index contributed by atoms with van der Waals surface area (Å²) >= 11 is 0. The highest BCUT2D eigenvalue weighted by Gasteiger charge is 2.50. The van der Waals surface area contributed by atoms with Crippen LogP contribution >= 0.6 is 0 Å². The number of oxime groups is 1. The van der Waals surface area contributed by atoms with E-state index in [0.717, 1.165) is 6.92 Å². The van der Waals surface area contributed by atoms with E-state index in [0.29, 0.717) is 6.21 Å². The predicted octanol–water partition coefficient (Wildman–Crippen LogP) is 0.643. The van der Waals surface area contributed by atoms with Crippen LogP contribution in [0.5, 0.6) is 0 Å². The molecule has 0 radical (unpaired) electrons. The molecule has 1 amide bonds. The Morgan fingerprint density at radius 3 is 2.44 bits per heavy atom. The standard InChI is InChI=1S/C10H16F2N2O4/c1-4-18-9(16)10(2,5-14-17)6(7(11)12)8(15)13-3/h5-7,17H,4H2,1-3H3,(H,13,15)/b14-5-. The first-order chi connectivity index (χ1) is 8.34. The van der Waals surface area contributed by atoms with Crippen LogP contribution in [0.25, 0.3) is 0 Å². The quantitative estimate of drug-likeness (QED) is 0.319. The van der Waals surface area contributed by atoms with E-state index in [9.17, 15) is 18.4 Å². The lowest BCUT2D eigenvalue weighted by Gasteiger charge is -2.29. The first-order valence-corrected chi connectivity index (χ1v) is 5.20. The predicted molar refractivity (Wildman–Crippen MR) is 58.6 cm³/mol. The molecule has 0 saturated heterocycles. The molecule has 0 spiro atoms. The zero-order chi connectivity index (χ0) is 14.3. The summed E-state index contributed by atoms with van der Waals surface area (Å²) in [4.78, 5) is 23.1. The van der Waals surface area contributed by atoms with Gasteiger partial charge in [0.05, 0.1) is 12.8 Å². The maximum absolute atomic E-state index is 12.9. The topological polar surface area (TPSA) is 88.0 Å². The number of carbonyl (C=O) groups is 2. The SMILES string of the molecule is CCOC(=O)C(C)(/C=N\O)C(C(=O)NC)C(F)F. The molecule has 2 N–H and O–H groups in total. The van der Waals surface area contributed by atoms with Crippen LogP contribution in [0.15, 0.2) is 5.16 Å². The van der Waals surface area contributed by atoms with Gasteiger partial charge in [-0.05, 0) is 13.8 Å². The Balaban J connectivity index is 5.52. The fraction of sp³-hybridized carbons (Fsp3) is 0.700. The van der Waals surface area contributed by atoms with Gasteiger partial charge < -0.3 is 15.3 Å². The summed E-state index contributed by atoms with van der Waals surface area (Å²) in [6.07, 6.45) is -2.53. The largest absolute Gasteiger partial charge is 0.465 e. The molecule has 0 aromatic carbocycles. The van der Waals surface area contributed by atoms with Crippen molar-refractivity contribution in [3.63, 3.8) is 0 Å². The van der Waals surface area contributed by atoms with Crippen molar-refractivity contribution >= 4 is 18.1 Å². The molecular weight excluding hydrogens is 250 g/mol. The van der Waals surface area contributed by atoms with Crippen molar-refractivity contribution in [1.82, 2.24) is 5.32 Å². The Labute approximate surface area is 103 Å². The van der Waals surface area contributed by atoms with Crippen molar-refractivity contribution < 1.29 is 28.3 Å². The molecule has 18 heavy (non-hydrogen) atoms. The molecule has 8 heteroatoms. The average Bonchev–Trinajstić information content (AvgIpc) is 2.28. The van der Waals surface area contributed by atoms with E-state index < -0.39 is 29.6 Å². The van der Waals surface area contributed by atoms with Crippen molar-refractivity contribution in [2.75, 3.05) is 13.7 Å². The first-order valence-electron chi connectivity index (χ1n) is 5.20. The fourth-order valence-electron chi connectivity index (χ4n) is 1.47. The fourth-order valence-corrected chi connectivity index (χ4v) is 1.47. The number of hydrogen-bond acceptors (Lipinski definition) is 5. The summed E-state index contributed by atoms with van der Waals surface area (Å²) < 4.78 is 30.5. The van der Waals surface area contributed by atoms with Gasteiger partial charge in [-0.25, -0.2) is 8.78 Å². The summed E-state index contributed by atoms with van der Waals surface area (Å²) in [5.41, 5.74) is -2.04. The van der Waals surface area contributed by atoms with E-state index in [4.69, 9.17) is 5.21 Å².